The molecule has 0 heterocycles. The lowest BCUT2D eigenvalue weighted by Crippen LogP contribution is -2.34. The number of ether oxygens (including phenoxy) is 1. The van der Waals surface area contributed by atoms with Gasteiger partial charge in [-0.15, -0.1) is 0 Å². The van der Waals surface area contributed by atoms with Crippen molar-refractivity contribution in [3.8, 4) is 5.75 Å². The summed E-state index contributed by atoms with van der Waals surface area (Å²) in [6.45, 7) is 2.12. The van der Waals surface area contributed by atoms with Crippen LogP contribution in [0.15, 0.2) is 22.7 Å². The molecule has 0 spiro atoms. The van der Waals surface area contributed by atoms with Crippen LogP contribution in [0.2, 0.25) is 0 Å². The predicted octanol–water partition coefficient (Wildman–Crippen LogP) is 3.77. The maximum Gasteiger partial charge on any atom is 0.252 e. The third-order valence-electron chi connectivity index (χ3n) is 3.56. The summed E-state index contributed by atoms with van der Waals surface area (Å²) in [5.41, 5.74) is 0.633. The quantitative estimate of drug-likeness (QED) is 0.864. The molecule has 1 fully saturated rings. The molecular weight excluding hydrogens is 306 g/mol. The van der Waals surface area contributed by atoms with E-state index in [1.807, 2.05) is 12.1 Å². The molecule has 19 heavy (non-hydrogen) atoms. The fourth-order valence-electron chi connectivity index (χ4n) is 2.15. The Morgan fingerprint density at radius 1 is 1.53 bits per heavy atom. The molecule has 1 aliphatic rings. The summed E-state index contributed by atoms with van der Waals surface area (Å²) in [7, 11) is 1.60. The minimum absolute atomic E-state index is 0.0294. The smallest absolute Gasteiger partial charge is 0.252 e. The number of nitrogens with one attached hydrogen (secondary N) is 1. The highest BCUT2D eigenvalue weighted by molar-refractivity contribution is 9.10. The highest BCUT2D eigenvalue weighted by atomic mass is 79.9. The van der Waals surface area contributed by atoms with E-state index in [1.165, 1.54) is 12.8 Å². The molecule has 1 atom stereocenters. The fourth-order valence-corrected chi connectivity index (χ4v) is 2.58. The molecule has 0 saturated heterocycles. The molecule has 4 heteroatoms. The number of amides is 1. The number of carbonyl (C=O) groups excluding carboxylic acids is 1. The largest absolute Gasteiger partial charge is 0.497 e. The molecule has 2 rings (SSSR count). The molecule has 104 valence electrons. The topological polar surface area (TPSA) is 38.3 Å². The molecule has 1 aromatic rings. The van der Waals surface area contributed by atoms with E-state index < -0.39 is 0 Å². The summed E-state index contributed by atoms with van der Waals surface area (Å²) in [4.78, 5) is 12.3. The van der Waals surface area contributed by atoms with E-state index in [0.29, 0.717) is 11.3 Å². The van der Waals surface area contributed by atoms with Crippen LogP contribution in [0.1, 0.15) is 43.0 Å². The molecular formula is C15H20BrNO2. The first-order chi connectivity index (χ1) is 9.13. The van der Waals surface area contributed by atoms with Gasteiger partial charge in [0, 0.05) is 10.5 Å². The fraction of sp³-hybridized carbons (Fsp3) is 0.533. The maximum atomic E-state index is 12.3. The van der Waals surface area contributed by atoms with Crippen LogP contribution in [0, 0.1) is 5.92 Å². The third-order valence-corrected chi connectivity index (χ3v) is 4.25. The van der Waals surface area contributed by atoms with E-state index in [2.05, 4.69) is 28.2 Å². The van der Waals surface area contributed by atoms with Gasteiger partial charge in [-0.1, -0.05) is 19.8 Å². The van der Waals surface area contributed by atoms with E-state index in [-0.39, 0.29) is 11.9 Å². The lowest BCUT2D eigenvalue weighted by molar-refractivity contribution is 0.0931. The van der Waals surface area contributed by atoms with Gasteiger partial charge in [0.25, 0.3) is 5.91 Å². The van der Waals surface area contributed by atoms with Gasteiger partial charge >= 0.3 is 0 Å². The minimum atomic E-state index is -0.0294. The Morgan fingerprint density at radius 2 is 2.26 bits per heavy atom. The average Bonchev–Trinajstić information content (AvgIpc) is 3.22. The van der Waals surface area contributed by atoms with Gasteiger partial charge in [0.2, 0.25) is 0 Å². The van der Waals surface area contributed by atoms with Crippen LogP contribution in [0.3, 0.4) is 0 Å². The van der Waals surface area contributed by atoms with Crippen LogP contribution < -0.4 is 10.1 Å². The Labute approximate surface area is 122 Å². The Kier molecular flexibility index (Phi) is 4.86. The van der Waals surface area contributed by atoms with E-state index in [4.69, 9.17) is 4.74 Å². The maximum absolute atomic E-state index is 12.3. The SMILES string of the molecule is CCC(CC1CC1)NC(=O)c1cc(OC)ccc1Br. The first kappa shape index (κ1) is 14.4. The Bertz CT molecular complexity index is 457. The molecule has 0 aromatic heterocycles. The Balaban J connectivity index is 2.04. The van der Waals surface area contributed by atoms with Crippen molar-refractivity contribution in [3.05, 3.63) is 28.2 Å². The molecule has 3 nitrogen and oxygen atoms in total. The molecule has 0 bridgehead atoms. The Morgan fingerprint density at radius 3 is 2.84 bits per heavy atom. The molecule has 0 aliphatic heterocycles. The van der Waals surface area contributed by atoms with E-state index >= 15 is 0 Å². The molecule has 1 aromatic carbocycles. The predicted molar refractivity (Wildman–Crippen MR) is 79.6 cm³/mol. The molecule has 0 radical (unpaired) electrons. The molecule has 1 aliphatic carbocycles. The lowest BCUT2D eigenvalue weighted by Gasteiger charge is -2.17. The number of methoxy groups -OCH3 is 1. The van der Waals surface area contributed by atoms with Crippen molar-refractivity contribution >= 4 is 21.8 Å². The van der Waals surface area contributed by atoms with Crippen molar-refractivity contribution in [1.82, 2.24) is 5.32 Å². The van der Waals surface area contributed by atoms with Crippen molar-refractivity contribution in [2.24, 2.45) is 5.92 Å². The number of carbonyl (C=O) groups is 1. The van der Waals surface area contributed by atoms with Gasteiger partial charge < -0.3 is 10.1 Å². The minimum Gasteiger partial charge on any atom is -0.497 e. The lowest BCUT2D eigenvalue weighted by atomic mass is 10.1. The standard InChI is InChI=1S/C15H20BrNO2/c1-3-11(8-10-4-5-10)17-15(18)13-9-12(19-2)6-7-14(13)16/h6-7,9-11H,3-5,8H2,1-2H3,(H,17,18). The second kappa shape index (κ2) is 6.42. The zero-order chi connectivity index (χ0) is 13.8. The highest BCUT2D eigenvalue weighted by Crippen LogP contribution is 2.34. The van der Waals surface area contributed by atoms with Crippen molar-refractivity contribution in [2.75, 3.05) is 7.11 Å². The van der Waals surface area contributed by atoms with Crippen LogP contribution in [0.4, 0.5) is 0 Å². The van der Waals surface area contributed by atoms with Crippen molar-refractivity contribution < 1.29 is 9.53 Å². The monoisotopic (exact) mass is 325 g/mol. The zero-order valence-corrected chi connectivity index (χ0v) is 13.0. The van der Waals surface area contributed by atoms with Crippen LogP contribution in [0.25, 0.3) is 0 Å². The first-order valence-corrected chi connectivity index (χ1v) is 7.57. The van der Waals surface area contributed by atoms with Crippen LogP contribution in [-0.2, 0) is 0 Å². The number of hydrogen-bond donors (Lipinski definition) is 1. The highest BCUT2D eigenvalue weighted by Gasteiger charge is 2.26. The third kappa shape index (κ3) is 3.96. The van der Waals surface area contributed by atoms with Gasteiger partial charge in [0.15, 0.2) is 0 Å². The summed E-state index contributed by atoms with van der Waals surface area (Å²) < 4.78 is 5.96. The summed E-state index contributed by atoms with van der Waals surface area (Å²) in [5, 5.41) is 3.12. The van der Waals surface area contributed by atoms with E-state index in [9.17, 15) is 4.79 Å². The van der Waals surface area contributed by atoms with E-state index in [0.717, 1.165) is 23.2 Å². The summed E-state index contributed by atoms with van der Waals surface area (Å²) in [5.74, 6) is 1.49. The van der Waals surface area contributed by atoms with Gasteiger partial charge in [-0.3, -0.25) is 4.79 Å². The molecule has 1 amide bonds. The summed E-state index contributed by atoms with van der Waals surface area (Å²) in [6.07, 6.45) is 4.71. The van der Waals surface area contributed by atoms with Crippen molar-refractivity contribution in [1.29, 1.82) is 0 Å². The van der Waals surface area contributed by atoms with Gasteiger partial charge in [-0.05, 0) is 52.9 Å². The van der Waals surface area contributed by atoms with Crippen LogP contribution in [-0.4, -0.2) is 19.1 Å². The van der Waals surface area contributed by atoms with E-state index in [1.54, 1.807) is 13.2 Å². The second-order valence-electron chi connectivity index (χ2n) is 5.10. The van der Waals surface area contributed by atoms with Gasteiger partial charge in [0.1, 0.15) is 5.75 Å². The van der Waals surface area contributed by atoms with Crippen LogP contribution in [0.5, 0.6) is 5.75 Å². The van der Waals surface area contributed by atoms with Crippen molar-refractivity contribution in [2.45, 2.75) is 38.6 Å². The normalized spacial score (nSPS) is 15.9. The van der Waals surface area contributed by atoms with Gasteiger partial charge in [-0.25, -0.2) is 0 Å². The Hall–Kier alpha value is -1.03. The van der Waals surface area contributed by atoms with Crippen molar-refractivity contribution in [3.63, 3.8) is 0 Å². The molecule has 1 N–H and O–H groups in total. The molecule has 1 unspecified atom stereocenters. The van der Waals surface area contributed by atoms with Gasteiger partial charge in [-0.2, -0.15) is 0 Å². The number of hydrogen-bond acceptors (Lipinski definition) is 2. The average molecular weight is 326 g/mol. The summed E-state index contributed by atoms with van der Waals surface area (Å²) in [6, 6.07) is 5.72. The molecule has 1 saturated carbocycles. The summed E-state index contributed by atoms with van der Waals surface area (Å²) >= 11 is 3.42. The number of benzene rings is 1. The zero-order valence-electron chi connectivity index (χ0n) is 11.4. The van der Waals surface area contributed by atoms with Crippen LogP contribution >= 0.6 is 15.9 Å². The number of rotatable bonds is 6. The first-order valence-electron chi connectivity index (χ1n) is 6.78. The number of halogens is 1. The van der Waals surface area contributed by atoms with Gasteiger partial charge in [0.05, 0.1) is 12.7 Å². The second-order valence-corrected chi connectivity index (χ2v) is 5.96.